The molecule has 3 nitrogen and oxygen atoms in total. The molecule has 0 aliphatic heterocycles. The average Bonchev–Trinajstić information content (AvgIpc) is 2.08. The zero-order valence-electron chi connectivity index (χ0n) is 7.13. The van der Waals surface area contributed by atoms with Crippen molar-refractivity contribution in [3.8, 4) is 0 Å². The van der Waals surface area contributed by atoms with Crippen LogP contribution in [-0.2, 0) is 0 Å². The number of nitrogens with two attached hydrogens (primary N) is 1. The summed E-state index contributed by atoms with van der Waals surface area (Å²) < 4.78 is 0. The fraction of sp³-hybridized carbons (Fsp3) is 0.375. The van der Waals surface area contributed by atoms with Crippen LogP contribution in [0.4, 0.5) is 5.82 Å². The molecular formula is C8H12ClN3. The third kappa shape index (κ3) is 1.87. The van der Waals surface area contributed by atoms with Gasteiger partial charge in [0.15, 0.2) is 0 Å². The van der Waals surface area contributed by atoms with Crippen molar-refractivity contribution >= 4 is 17.4 Å². The maximum absolute atomic E-state index is 5.77. The van der Waals surface area contributed by atoms with Gasteiger partial charge in [-0.2, -0.15) is 0 Å². The number of hydrogen-bond donors (Lipinski definition) is 2. The number of nitrogens with one attached hydrogen (secondary N) is 1. The molecule has 0 aromatic carbocycles. The molecule has 1 atom stereocenters. The Hall–Kier alpha value is -0.800. The van der Waals surface area contributed by atoms with E-state index in [4.69, 9.17) is 17.3 Å². The van der Waals surface area contributed by atoms with Gasteiger partial charge >= 0.3 is 0 Å². The molecular weight excluding hydrogens is 174 g/mol. The van der Waals surface area contributed by atoms with Crippen molar-refractivity contribution in [2.24, 2.45) is 0 Å². The van der Waals surface area contributed by atoms with E-state index in [1.807, 2.05) is 20.0 Å². The molecule has 1 aromatic rings. The van der Waals surface area contributed by atoms with Gasteiger partial charge in [-0.1, -0.05) is 11.6 Å². The number of aromatic nitrogens is 1. The quantitative estimate of drug-likeness (QED) is 0.736. The summed E-state index contributed by atoms with van der Waals surface area (Å²) in [5.74, 6) is 0.529. The van der Waals surface area contributed by atoms with Gasteiger partial charge in [0, 0.05) is 17.8 Å². The molecule has 0 aliphatic carbocycles. The predicted octanol–water partition coefficient (Wildman–Crippen LogP) is 1.60. The van der Waals surface area contributed by atoms with E-state index in [-0.39, 0.29) is 6.04 Å². The molecule has 0 saturated heterocycles. The van der Waals surface area contributed by atoms with Gasteiger partial charge in [0.05, 0.1) is 5.02 Å². The molecule has 0 bridgehead atoms. The number of nitrogen functional groups attached to an aromatic ring is 1. The Morgan fingerprint density at radius 1 is 1.67 bits per heavy atom. The topological polar surface area (TPSA) is 50.9 Å². The maximum atomic E-state index is 5.77. The standard InChI is InChI=1S/C8H12ClN3/c1-5(11-2)7-3-6(9)4-12-8(7)10/h3-5,11H,1-2H3,(H2,10,12). The van der Waals surface area contributed by atoms with Crippen LogP contribution in [0.1, 0.15) is 18.5 Å². The van der Waals surface area contributed by atoms with E-state index < -0.39 is 0 Å². The van der Waals surface area contributed by atoms with Gasteiger partial charge in [-0.15, -0.1) is 0 Å². The first-order chi connectivity index (χ1) is 5.65. The maximum Gasteiger partial charge on any atom is 0.128 e. The number of nitrogens with zero attached hydrogens (tertiary/aromatic N) is 1. The molecule has 1 aromatic heterocycles. The van der Waals surface area contributed by atoms with Crippen LogP contribution in [0.2, 0.25) is 5.02 Å². The highest BCUT2D eigenvalue weighted by molar-refractivity contribution is 6.30. The van der Waals surface area contributed by atoms with Gasteiger partial charge in [-0.05, 0) is 20.0 Å². The summed E-state index contributed by atoms with van der Waals surface area (Å²) in [6, 6.07) is 2.00. The normalized spacial score (nSPS) is 12.9. The molecule has 0 saturated carbocycles. The summed E-state index contributed by atoms with van der Waals surface area (Å²) in [6.45, 7) is 2.00. The van der Waals surface area contributed by atoms with E-state index >= 15 is 0 Å². The Morgan fingerprint density at radius 3 is 2.92 bits per heavy atom. The molecule has 12 heavy (non-hydrogen) atoms. The SMILES string of the molecule is CNC(C)c1cc(Cl)cnc1N. The lowest BCUT2D eigenvalue weighted by Crippen LogP contribution is -2.14. The van der Waals surface area contributed by atoms with Crippen LogP contribution < -0.4 is 11.1 Å². The van der Waals surface area contributed by atoms with Crippen LogP contribution in [0.5, 0.6) is 0 Å². The van der Waals surface area contributed by atoms with Gasteiger partial charge in [-0.25, -0.2) is 4.98 Å². The van der Waals surface area contributed by atoms with Crippen molar-refractivity contribution in [3.05, 3.63) is 22.8 Å². The summed E-state index contributed by atoms with van der Waals surface area (Å²) in [4.78, 5) is 3.95. The van der Waals surface area contributed by atoms with Crippen molar-refractivity contribution in [1.82, 2.24) is 10.3 Å². The minimum Gasteiger partial charge on any atom is -0.383 e. The highest BCUT2D eigenvalue weighted by Gasteiger charge is 2.07. The number of pyridine rings is 1. The third-order valence-electron chi connectivity index (χ3n) is 1.82. The van der Waals surface area contributed by atoms with E-state index in [1.165, 1.54) is 0 Å². The summed E-state index contributed by atoms with van der Waals surface area (Å²) in [5.41, 5.74) is 6.59. The summed E-state index contributed by atoms with van der Waals surface area (Å²) in [7, 11) is 1.87. The molecule has 0 aliphatic rings. The first-order valence-corrected chi connectivity index (χ1v) is 4.11. The van der Waals surface area contributed by atoms with E-state index in [2.05, 4.69) is 10.3 Å². The number of hydrogen-bond acceptors (Lipinski definition) is 3. The second-order valence-corrected chi connectivity index (χ2v) is 3.07. The van der Waals surface area contributed by atoms with Gasteiger partial charge in [0.2, 0.25) is 0 Å². The highest BCUT2D eigenvalue weighted by atomic mass is 35.5. The molecule has 4 heteroatoms. The monoisotopic (exact) mass is 185 g/mol. The van der Waals surface area contributed by atoms with Crippen molar-refractivity contribution in [2.45, 2.75) is 13.0 Å². The smallest absolute Gasteiger partial charge is 0.128 e. The van der Waals surface area contributed by atoms with Gasteiger partial charge < -0.3 is 11.1 Å². The molecule has 1 heterocycles. The predicted molar refractivity (Wildman–Crippen MR) is 51.1 cm³/mol. The molecule has 0 radical (unpaired) electrons. The van der Waals surface area contributed by atoms with Crippen LogP contribution in [-0.4, -0.2) is 12.0 Å². The lowest BCUT2D eigenvalue weighted by molar-refractivity contribution is 0.652. The van der Waals surface area contributed by atoms with Gasteiger partial charge in [0.1, 0.15) is 5.82 Å². The van der Waals surface area contributed by atoms with E-state index in [1.54, 1.807) is 6.20 Å². The molecule has 1 rings (SSSR count). The molecule has 1 unspecified atom stereocenters. The third-order valence-corrected chi connectivity index (χ3v) is 2.02. The van der Waals surface area contributed by atoms with Crippen LogP contribution in [0.15, 0.2) is 12.3 Å². The summed E-state index contributed by atoms with van der Waals surface area (Å²) in [5, 5.41) is 3.68. The first-order valence-electron chi connectivity index (χ1n) is 3.73. The minimum atomic E-state index is 0.177. The van der Waals surface area contributed by atoms with Gasteiger partial charge in [0.25, 0.3) is 0 Å². The van der Waals surface area contributed by atoms with Crippen LogP contribution in [0.3, 0.4) is 0 Å². The number of halogens is 1. The van der Waals surface area contributed by atoms with Gasteiger partial charge in [-0.3, -0.25) is 0 Å². The summed E-state index contributed by atoms with van der Waals surface area (Å²) >= 11 is 5.77. The molecule has 0 amide bonds. The van der Waals surface area contributed by atoms with Crippen molar-refractivity contribution in [1.29, 1.82) is 0 Å². The Bertz CT molecular complexity index is 275. The zero-order chi connectivity index (χ0) is 9.14. The molecule has 0 fully saturated rings. The Morgan fingerprint density at radius 2 is 2.33 bits per heavy atom. The Labute approximate surface area is 76.9 Å². The first kappa shape index (κ1) is 9.29. The van der Waals surface area contributed by atoms with E-state index in [0.717, 1.165) is 5.56 Å². The average molecular weight is 186 g/mol. The van der Waals surface area contributed by atoms with Crippen molar-refractivity contribution < 1.29 is 0 Å². The minimum absolute atomic E-state index is 0.177. The highest BCUT2D eigenvalue weighted by Crippen LogP contribution is 2.20. The zero-order valence-corrected chi connectivity index (χ0v) is 7.89. The molecule has 3 N–H and O–H groups in total. The molecule has 66 valence electrons. The fourth-order valence-electron chi connectivity index (χ4n) is 0.968. The number of anilines is 1. The largest absolute Gasteiger partial charge is 0.383 e. The van der Waals surface area contributed by atoms with Crippen LogP contribution >= 0.6 is 11.6 Å². The Balaban J connectivity index is 3.04. The van der Waals surface area contributed by atoms with Crippen LogP contribution in [0, 0.1) is 0 Å². The second kappa shape index (κ2) is 3.74. The van der Waals surface area contributed by atoms with E-state index in [9.17, 15) is 0 Å². The Kier molecular flexibility index (Phi) is 2.89. The van der Waals surface area contributed by atoms with Crippen molar-refractivity contribution in [3.63, 3.8) is 0 Å². The number of rotatable bonds is 2. The lowest BCUT2D eigenvalue weighted by Gasteiger charge is -2.12. The van der Waals surface area contributed by atoms with Crippen molar-refractivity contribution in [2.75, 3.05) is 12.8 Å². The fourth-order valence-corrected chi connectivity index (χ4v) is 1.13. The van der Waals surface area contributed by atoms with Crippen LogP contribution in [0.25, 0.3) is 0 Å². The lowest BCUT2D eigenvalue weighted by atomic mass is 10.1. The second-order valence-electron chi connectivity index (χ2n) is 2.64. The summed E-state index contributed by atoms with van der Waals surface area (Å²) in [6.07, 6.45) is 1.54. The molecule has 0 spiro atoms. The van der Waals surface area contributed by atoms with E-state index in [0.29, 0.717) is 10.8 Å².